The van der Waals surface area contributed by atoms with Crippen LogP contribution in [0.2, 0.25) is 0 Å². The van der Waals surface area contributed by atoms with Crippen LogP contribution in [0.3, 0.4) is 0 Å². The molecule has 2 unspecified atom stereocenters. The molecule has 4 heteroatoms. The summed E-state index contributed by atoms with van der Waals surface area (Å²) in [5.74, 6) is 4.85. The van der Waals surface area contributed by atoms with Crippen LogP contribution in [0, 0.1) is 11.6 Å². The fourth-order valence-corrected chi connectivity index (χ4v) is 3.31. The van der Waals surface area contributed by atoms with Gasteiger partial charge >= 0.3 is 0 Å². The normalized spacial score (nSPS) is 19.1. The molecule has 0 radical (unpaired) electrons. The topological polar surface area (TPSA) is 38.0 Å². The van der Waals surface area contributed by atoms with Crippen LogP contribution in [-0.4, -0.2) is 0 Å². The van der Waals surface area contributed by atoms with Gasteiger partial charge in [0.05, 0.1) is 6.04 Å². The third-order valence-electron chi connectivity index (χ3n) is 4.29. The van der Waals surface area contributed by atoms with Gasteiger partial charge in [0.2, 0.25) is 0 Å². The van der Waals surface area contributed by atoms with Gasteiger partial charge in [-0.1, -0.05) is 24.3 Å². The fourth-order valence-electron chi connectivity index (χ4n) is 3.31. The fraction of sp³-hybridized carbons (Fsp3) is 0.294. The minimum absolute atomic E-state index is 0.0521. The van der Waals surface area contributed by atoms with E-state index >= 15 is 0 Å². The molecule has 0 spiro atoms. The molecule has 0 amide bonds. The minimum Gasteiger partial charge on any atom is -0.271 e. The largest absolute Gasteiger partial charge is 0.271 e. The zero-order valence-electron chi connectivity index (χ0n) is 11.7. The van der Waals surface area contributed by atoms with Gasteiger partial charge in [-0.3, -0.25) is 11.3 Å². The molecule has 0 fully saturated rings. The summed E-state index contributed by atoms with van der Waals surface area (Å²) in [6.45, 7) is 0. The van der Waals surface area contributed by atoms with Crippen LogP contribution in [0.4, 0.5) is 8.78 Å². The van der Waals surface area contributed by atoms with Crippen molar-refractivity contribution in [3.05, 3.63) is 70.8 Å². The van der Waals surface area contributed by atoms with E-state index in [-0.39, 0.29) is 5.92 Å². The molecule has 110 valence electrons. The number of nitrogens with two attached hydrogens (primary N) is 1. The third-order valence-corrected chi connectivity index (χ3v) is 4.29. The van der Waals surface area contributed by atoms with Crippen LogP contribution >= 0.6 is 0 Å². The van der Waals surface area contributed by atoms with Gasteiger partial charge in [0.15, 0.2) is 0 Å². The Kier molecular flexibility index (Phi) is 3.99. The van der Waals surface area contributed by atoms with Gasteiger partial charge in [-0.2, -0.15) is 0 Å². The summed E-state index contributed by atoms with van der Waals surface area (Å²) in [5, 5.41) is 0. The number of hydrogen-bond donors (Lipinski definition) is 2. The Hall–Kier alpha value is -1.78. The Morgan fingerprint density at radius 1 is 1.14 bits per heavy atom. The molecule has 1 aliphatic carbocycles. The van der Waals surface area contributed by atoms with Gasteiger partial charge in [-0.05, 0) is 48.6 Å². The lowest BCUT2D eigenvalue weighted by molar-refractivity contribution is 0.393. The molecule has 3 rings (SSSR count). The monoisotopic (exact) mass is 288 g/mol. The quantitative estimate of drug-likeness (QED) is 0.669. The van der Waals surface area contributed by atoms with E-state index in [2.05, 4.69) is 17.6 Å². The number of hydrogen-bond acceptors (Lipinski definition) is 2. The van der Waals surface area contributed by atoms with E-state index < -0.39 is 17.7 Å². The maximum atomic E-state index is 14.1. The molecule has 1 aliphatic rings. The first-order valence-corrected chi connectivity index (χ1v) is 7.19. The second-order valence-electron chi connectivity index (χ2n) is 5.51. The molecular weight excluding hydrogens is 270 g/mol. The summed E-state index contributed by atoms with van der Waals surface area (Å²) >= 11 is 0. The molecule has 0 heterocycles. The Morgan fingerprint density at radius 2 is 1.95 bits per heavy atom. The number of halogens is 2. The van der Waals surface area contributed by atoms with Crippen molar-refractivity contribution in [2.45, 2.75) is 31.2 Å². The van der Waals surface area contributed by atoms with Crippen LogP contribution in [0.15, 0.2) is 42.5 Å². The highest BCUT2D eigenvalue weighted by molar-refractivity contribution is 5.36. The molecule has 21 heavy (non-hydrogen) atoms. The van der Waals surface area contributed by atoms with E-state index in [1.807, 2.05) is 12.1 Å². The highest BCUT2D eigenvalue weighted by atomic mass is 19.1. The lowest BCUT2D eigenvalue weighted by atomic mass is 9.77. The molecule has 0 saturated carbocycles. The first kappa shape index (κ1) is 14.2. The van der Waals surface area contributed by atoms with E-state index in [4.69, 9.17) is 5.84 Å². The van der Waals surface area contributed by atoms with Crippen LogP contribution in [0.5, 0.6) is 0 Å². The van der Waals surface area contributed by atoms with Gasteiger partial charge in [-0.25, -0.2) is 8.78 Å². The van der Waals surface area contributed by atoms with E-state index in [0.29, 0.717) is 5.56 Å². The first-order chi connectivity index (χ1) is 10.2. The van der Waals surface area contributed by atoms with E-state index in [1.165, 1.54) is 17.2 Å². The Labute approximate surface area is 122 Å². The Balaban J connectivity index is 2.03. The van der Waals surface area contributed by atoms with Crippen molar-refractivity contribution < 1.29 is 8.78 Å². The van der Waals surface area contributed by atoms with Crippen molar-refractivity contribution >= 4 is 0 Å². The zero-order valence-corrected chi connectivity index (χ0v) is 11.7. The highest BCUT2D eigenvalue weighted by Crippen LogP contribution is 2.40. The lowest BCUT2D eigenvalue weighted by Gasteiger charge is -2.32. The maximum absolute atomic E-state index is 14.1. The van der Waals surface area contributed by atoms with Crippen LogP contribution in [0.25, 0.3) is 0 Å². The number of benzene rings is 2. The summed E-state index contributed by atoms with van der Waals surface area (Å²) in [7, 11) is 0. The lowest BCUT2D eigenvalue weighted by Crippen LogP contribution is -2.34. The number of aryl methyl sites for hydroxylation is 1. The summed E-state index contributed by atoms with van der Waals surface area (Å²) in [6, 6.07) is 11.2. The average molecular weight is 288 g/mol. The molecule has 2 aromatic rings. The summed E-state index contributed by atoms with van der Waals surface area (Å²) in [6.07, 6.45) is 2.95. The first-order valence-electron chi connectivity index (χ1n) is 7.19. The van der Waals surface area contributed by atoms with Crippen LogP contribution in [0.1, 0.15) is 41.5 Å². The van der Waals surface area contributed by atoms with Crippen LogP contribution < -0.4 is 11.3 Å². The standard InChI is InChI=1S/C17H18F2N2/c18-12-8-9-16(19)15(10-12)17(21-20)14-7-3-5-11-4-1-2-6-13(11)14/h1-2,4,6,8-10,14,17,21H,3,5,7,20H2. The molecule has 3 N–H and O–H groups in total. The van der Waals surface area contributed by atoms with E-state index in [1.54, 1.807) is 0 Å². The molecule has 2 nitrogen and oxygen atoms in total. The zero-order chi connectivity index (χ0) is 14.8. The molecule has 0 saturated heterocycles. The SMILES string of the molecule is NNC(c1cc(F)ccc1F)C1CCCc2ccccc21. The van der Waals surface area contributed by atoms with Crippen molar-refractivity contribution in [2.24, 2.45) is 5.84 Å². The van der Waals surface area contributed by atoms with Crippen molar-refractivity contribution in [3.8, 4) is 0 Å². The molecule has 2 atom stereocenters. The predicted molar refractivity (Wildman–Crippen MR) is 78.5 cm³/mol. The van der Waals surface area contributed by atoms with Gasteiger partial charge in [-0.15, -0.1) is 0 Å². The van der Waals surface area contributed by atoms with Crippen molar-refractivity contribution in [1.82, 2.24) is 5.43 Å². The smallest absolute Gasteiger partial charge is 0.128 e. The number of nitrogens with one attached hydrogen (secondary N) is 1. The second kappa shape index (κ2) is 5.92. The maximum Gasteiger partial charge on any atom is 0.128 e. The van der Waals surface area contributed by atoms with Crippen molar-refractivity contribution in [2.75, 3.05) is 0 Å². The van der Waals surface area contributed by atoms with E-state index in [0.717, 1.165) is 31.4 Å². The average Bonchev–Trinajstić information content (AvgIpc) is 2.51. The van der Waals surface area contributed by atoms with Gasteiger partial charge in [0.25, 0.3) is 0 Å². The van der Waals surface area contributed by atoms with Gasteiger partial charge < -0.3 is 0 Å². The van der Waals surface area contributed by atoms with Gasteiger partial charge in [0.1, 0.15) is 11.6 Å². The van der Waals surface area contributed by atoms with E-state index in [9.17, 15) is 8.78 Å². The second-order valence-corrected chi connectivity index (χ2v) is 5.51. The summed E-state index contributed by atoms with van der Waals surface area (Å²) in [4.78, 5) is 0. The number of rotatable bonds is 3. The molecule has 0 aromatic heterocycles. The van der Waals surface area contributed by atoms with Gasteiger partial charge in [0, 0.05) is 11.5 Å². The summed E-state index contributed by atoms with van der Waals surface area (Å²) < 4.78 is 27.5. The number of hydrazine groups is 1. The Morgan fingerprint density at radius 3 is 2.76 bits per heavy atom. The van der Waals surface area contributed by atoms with Crippen molar-refractivity contribution in [1.29, 1.82) is 0 Å². The van der Waals surface area contributed by atoms with Crippen molar-refractivity contribution in [3.63, 3.8) is 0 Å². The highest BCUT2D eigenvalue weighted by Gasteiger charge is 2.30. The Bertz CT molecular complexity index is 642. The summed E-state index contributed by atoms with van der Waals surface area (Å²) in [5.41, 5.74) is 5.43. The van der Waals surface area contributed by atoms with Crippen LogP contribution in [-0.2, 0) is 6.42 Å². The predicted octanol–water partition coefficient (Wildman–Crippen LogP) is 3.59. The molecule has 2 aromatic carbocycles. The minimum atomic E-state index is -0.448. The molecular formula is C17H18F2N2. The number of fused-ring (bicyclic) bond motifs is 1. The third kappa shape index (κ3) is 2.69. The molecule has 0 bridgehead atoms. The molecule has 0 aliphatic heterocycles.